The largest absolute Gasteiger partial charge is 0.496 e. The molecule has 324 valence electrons. The van der Waals surface area contributed by atoms with Gasteiger partial charge >= 0.3 is 5.97 Å². The molecule has 0 bridgehead atoms. The minimum absolute atomic E-state index is 0.0272. The van der Waals surface area contributed by atoms with E-state index in [1.807, 2.05) is 67.6 Å². The number of rotatable bonds is 17. The fourth-order valence-electron chi connectivity index (χ4n) is 7.45. The number of carbonyl (C=O) groups is 1. The second-order valence-corrected chi connectivity index (χ2v) is 16.1. The summed E-state index contributed by atoms with van der Waals surface area (Å²) in [6, 6.07) is 24.0. The fraction of sp³-hybridized carbons (Fsp3) is 0.277. The number of carboxylic acids is 1. The predicted octanol–water partition coefficient (Wildman–Crippen LogP) is 8.14. The van der Waals surface area contributed by atoms with Gasteiger partial charge < -0.3 is 33.7 Å². The van der Waals surface area contributed by atoms with Crippen LogP contribution in [0.1, 0.15) is 16.8 Å². The minimum Gasteiger partial charge on any atom is -0.496 e. The summed E-state index contributed by atoms with van der Waals surface area (Å²) in [6.45, 7) is 7.35. The number of methoxy groups -OCH3 is 2. The Hall–Kier alpha value is -6.39. The highest BCUT2D eigenvalue weighted by molar-refractivity contribution is 7.13. The summed E-state index contributed by atoms with van der Waals surface area (Å²) in [7, 11) is 5.29. The predicted molar refractivity (Wildman–Crippen MR) is 242 cm³/mol. The third kappa shape index (κ3) is 9.81. The van der Waals surface area contributed by atoms with Gasteiger partial charge in [-0.3, -0.25) is 9.88 Å². The molecule has 0 aliphatic carbocycles. The first-order chi connectivity index (χ1) is 30.7. The highest BCUT2D eigenvalue weighted by atomic mass is 35.5. The van der Waals surface area contributed by atoms with Crippen molar-refractivity contribution in [3.63, 3.8) is 0 Å². The number of hydrogen-bond acceptors (Lipinski definition) is 14. The molecule has 1 aliphatic heterocycles. The molecule has 14 nitrogen and oxygen atoms in total. The van der Waals surface area contributed by atoms with E-state index in [9.17, 15) is 9.90 Å². The Bertz CT molecular complexity index is 2730. The van der Waals surface area contributed by atoms with Gasteiger partial charge in [-0.05, 0) is 78.6 Å². The maximum absolute atomic E-state index is 13.0. The van der Waals surface area contributed by atoms with Crippen molar-refractivity contribution < 1.29 is 33.6 Å². The average molecular weight is 888 g/mol. The minimum atomic E-state index is -1.34. The molecule has 63 heavy (non-hydrogen) atoms. The number of fused-ring (bicyclic) bond motifs is 1. The molecule has 4 aromatic heterocycles. The Morgan fingerprint density at radius 2 is 1.65 bits per heavy atom. The Balaban J connectivity index is 1.09. The molecule has 7 aromatic rings. The number of ether oxygens (including phenoxy) is 5. The Labute approximate surface area is 374 Å². The molecule has 3 aromatic carbocycles. The SMILES string of the molecule is COc1cc(-c2ncc3snc(OC(Cc4ccccc4OCc4ccnc(-c5ccccc5OC)n4)C(=O)O)c3c2-c2ccc(OCCN3CCN(C)CC3)c(Cl)c2C)ccn1. The van der Waals surface area contributed by atoms with E-state index < -0.39 is 12.1 Å². The van der Waals surface area contributed by atoms with Crippen LogP contribution in [0.2, 0.25) is 5.02 Å². The van der Waals surface area contributed by atoms with Crippen LogP contribution >= 0.6 is 23.1 Å². The van der Waals surface area contributed by atoms with Crippen molar-refractivity contribution in [2.45, 2.75) is 26.1 Å². The van der Waals surface area contributed by atoms with E-state index in [4.69, 9.17) is 45.3 Å². The van der Waals surface area contributed by atoms with Crippen molar-refractivity contribution in [3.05, 3.63) is 119 Å². The maximum Gasteiger partial charge on any atom is 0.345 e. The number of nitrogens with zero attached hydrogens (tertiary/aromatic N) is 7. The first-order valence-corrected chi connectivity index (χ1v) is 21.5. The van der Waals surface area contributed by atoms with Crippen LogP contribution in [0.5, 0.6) is 29.0 Å². The van der Waals surface area contributed by atoms with Crippen LogP contribution in [0.3, 0.4) is 0 Å². The molecule has 1 aliphatic rings. The van der Waals surface area contributed by atoms with E-state index in [2.05, 4.69) is 31.2 Å². The first-order valence-electron chi connectivity index (χ1n) is 20.4. The Kier molecular flexibility index (Phi) is 13.6. The van der Waals surface area contributed by atoms with Crippen LogP contribution in [0.25, 0.3) is 43.9 Å². The molecule has 8 rings (SSSR count). The molecular formula is C47H46ClN7O7S. The van der Waals surface area contributed by atoms with Gasteiger partial charge in [-0.1, -0.05) is 48.0 Å². The van der Waals surface area contributed by atoms with Crippen LogP contribution in [-0.4, -0.2) is 112 Å². The summed E-state index contributed by atoms with van der Waals surface area (Å²) in [6.07, 6.45) is 3.65. The molecule has 0 saturated carbocycles. The first kappa shape index (κ1) is 43.3. The zero-order chi connectivity index (χ0) is 43.9. The van der Waals surface area contributed by atoms with E-state index in [1.54, 1.807) is 51.0 Å². The van der Waals surface area contributed by atoms with Gasteiger partial charge in [0.05, 0.1) is 46.3 Å². The van der Waals surface area contributed by atoms with Crippen molar-refractivity contribution in [3.8, 4) is 62.8 Å². The Morgan fingerprint density at radius 3 is 2.44 bits per heavy atom. The van der Waals surface area contributed by atoms with Crippen LogP contribution in [0.15, 0.2) is 97.5 Å². The van der Waals surface area contributed by atoms with Crippen molar-refractivity contribution in [1.29, 1.82) is 0 Å². The molecule has 0 spiro atoms. The summed E-state index contributed by atoms with van der Waals surface area (Å²) in [4.78, 5) is 36.1. The lowest BCUT2D eigenvalue weighted by atomic mass is 9.93. The summed E-state index contributed by atoms with van der Waals surface area (Å²) in [5.41, 5.74) is 5.48. The quantitative estimate of drug-likeness (QED) is 0.0936. The van der Waals surface area contributed by atoms with Gasteiger partial charge in [0, 0.05) is 74.9 Å². The van der Waals surface area contributed by atoms with E-state index in [0.29, 0.717) is 73.2 Å². The molecule has 1 fully saturated rings. The van der Waals surface area contributed by atoms with Gasteiger partial charge in [-0.2, -0.15) is 4.37 Å². The van der Waals surface area contributed by atoms with Gasteiger partial charge in [0.2, 0.25) is 17.9 Å². The maximum atomic E-state index is 13.0. The number of benzene rings is 3. The molecular weight excluding hydrogens is 842 g/mol. The number of aliphatic carboxylic acids is 1. The van der Waals surface area contributed by atoms with E-state index >= 15 is 0 Å². The van der Waals surface area contributed by atoms with Crippen molar-refractivity contribution in [2.24, 2.45) is 0 Å². The second-order valence-electron chi connectivity index (χ2n) is 15.0. The highest BCUT2D eigenvalue weighted by Gasteiger charge is 2.28. The number of carboxylic acid groups (broad SMARTS) is 1. The van der Waals surface area contributed by atoms with Gasteiger partial charge in [0.1, 0.15) is 30.5 Å². The lowest BCUT2D eigenvalue weighted by Gasteiger charge is -2.32. The lowest BCUT2D eigenvalue weighted by molar-refractivity contribution is -0.145. The number of halogens is 1. The standard InChI is InChI=1S/C47H46ClN7O7S/c1-29-33(13-14-37(43(29)48)60-24-23-55-21-19-54(2)20-22-55)41-42-39(27-51-44(41)31-15-17-49-40(26-31)59-4)63-53-46(42)62-38(47(56)57)25-30-9-5-7-11-35(30)61-28-32-16-18-50-45(52-32)34-10-6-8-12-36(34)58-3/h5-18,26-27,38H,19-25,28H2,1-4H3,(H,56,57). The monoisotopic (exact) mass is 887 g/mol. The van der Waals surface area contributed by atoms with E-state index in [1.165, 1.54) is 11.5 Å². The molecule has 1 N–H and O–H groups in total. The topological polar surface area (TPSA) is 154 Å². The molecule has 5 heterocycles. The molecule has 1 saturated heterocycles. The van der Waals surface area contributed by atoms with Gasteiger partial charge in [-0.15, -0.1) is 0 Å². The number of likely N-dealkylation sites (N-methyl/N-ethyl adjacent to an activating group) is 1. The lowest BCUT2D eigenvalue weighted by Crippen LogP contribution is -2.45. The van der Waals surface area contributed by atoms with Crippen LogP contribution in [0.4, 0.5) is 0 Å². The van der Waals surface area contributed by atoms with E-state index in [0.717, 1.165) is 55.0 Å². The van der Waals surface area contributed by atoms with Crippen molar-refractivity contribution in [2.75, 3.05) is 60.6 Å². The normalized spacial score (nSPS) is 13.7. The third-order valence-electron chi connectivity index (χ3n) is 10.9. The smallest absolute Gasteiger partial charge is 0.345 e. The van der Waals surface area contributed by atoms with Gasteiger partial charge in [-0.25, -0.2) is 19.7 Å². The van der Waals surface area contributed by atoms with Gasteiger partial charge in [0.25, 0.3) is 0 Å². The zero-order valence-corrected chi connectivity index (χ0v) is 36.9. The second kappa shape index (κ2) is 19.8. The summed E-state index contributed by atoms with van der Waals surface area (Å²) >= 11 is 8.27. The van der Waals surface area contributed by atoms with Gasteiger partial charge in [0.15, 0.2) is 5.82 Å². The van der Waals surface area contributed by atoms with Crippen molar-refractivity contribution in [1.82, 2.24) is 34.1 Å². The highest BCUT2D eigenvalue weighted by Crippen LogP contribution is 2.46. The average Bonchev–Trinajstić information content (AvgIpc) is 3.73. The zero-order valence-electron chi connectivity index (χ0n) is 35.3. The molecule has 1 atom stereocenters. The summed E-state index contributed by atoms with van der Waals surface area (Å²) in [5.74, 6) is 1.59. The Morgan fingerprint density at radius 1 is 0.873 bits per heavy atom. The van der Waals surface area contributed by atoms with Crippen molar-refractivity contribution >= 4 is 39.2 Å². The number of para-hydroxylation sites is 2. The van der Waals surface area contributed by atoms with Crippen LogP contribution in [-0.2, 0) is 17.8 Å². The molecule has 1 unspecified atom stereocenters. The summed E-state index contributed by atoms with van der Waals surface area (Å²) < 4.78 is 35.3. The number of hydrogen-bond donors (Lipinski definition) is 1. The third-order valence-corrected chi connectivity index (χ3v) is 12.2. The molecule has 0 amide bonds. The van der Waals surface area contributed by atoms with E-state index in [-0.39, 0.29) is 18.9 Å². The summed E-state index contributed by atoms with van der Waals surface area (Å²) in [5, 5.41) is 11.7. The molecule has 16 heteroatoms. The van der Waals surface area contributed by atoms with Crippen LogP contribution < -0.4 is 23.7 Å². The number of pyridine rings is 2. The molecule has 0 radical (unpaired) electrons. The number of piperazine rings is 1. The number of aromatic nitrogens is 5. The van der Waals surface area contributed by atoms with Crippen LogP contribution in [0, 0.1) is 6.92 Å². The fourth-order valence-corrected chi connectivity index (χ4v) is 8.37.